The normalized spacial score (nSPS) is 12.8. The van der Waals surface area contributed by atoms with Crippen molar-refractivity contribution in [2.24, 2.45) is 0 Å². The number of thiazole rings is 1. The molecule has 0 fully saturated rings. The molecule has 4 nitrogen and oxygen atoms in total. The lowest BCUT2D eigenvalue weighted by Gasteiger charge is -2.23. The second kappa shape index (κ2) is 6.78. The lowest BCUT2D eigenvalue weighted by atomic mass is 10.2. The third kappa shape index (κ3) is 3.34. The van der Waals surface area contributed by atoms with Gasteiger partial charge >= 0.3 is 0 Å². The largest absolute Gasteiger partial charge is 0.293 e. The van der Waals surface area contributed by atoms with Crippen LogP contribution in [-0.4, -0.2) is 26.7 Å². The molecule has 0 spiro atoms. The van der Waals surface area contributed by atoms with Crippen LogP contribution in [0.2, 0.25) is 0 Å². The molecule has 0 aliphatic heterocycles. The molecule has 4 aromatic rings. The molecule has 2 aromatic carbocycles. The smallest absolute Gasteiger partial charge is 0.111 e. The van der Waals surface area contributed by atoms with E-state index in [-0.39, 0.29) is 6.04 Å². The van der Waals surface area contributed by atoms with E-state index in [1.54, 1.807) is 17.5 Å². The maximum absolute atomic E-state index is 4.79. The minimum absolute atomic E-state index is 0.281. The van der Waals surface area contributed by atoms with E-state index in [4.69, 9.17) is 4.98 Å². The number of nitrogens with zero attached hydrogens (tertiary/aromatic N) is 4. The van der Waals surface area contributed by atoms with Crippen LogP contribution in [0, 0.1) is 0 Å². The van der Waals surface area contributed by atoms with Crippen molar-refractivity contribution in [3.8, 4) is 5.69 Å². The Labute approximate surface area is 151 Å². The SMILES string of the molecule is C[C@H](c1nc2ccccc2s1)N(C)Cc1ccc(-n2cccn2)cc1. The minimum atomic E-state index is 0.281. The second-order valence-corrected chi connectivity index (χ2v) is 7.29. The van der Waals surface area contributed by atoms with Gasteiger partial charge in [-0.15, -0.1) is 11.3 Å². The highest BCUT2D eigenvalue weighted by Crippen LogP contribution is 2.29. The second-order valence-electron chi connectivity index (χ2n) is 6.23. The molecule has 0 N–H and O–H groups in total. The van der Waals surface area contributed by atoms with Crippen LogP contribution in [0.25, 0.3) is 15.9 Å². The summed E-state index contributed by atoms with van der Waals surface area (Å²) in [6, 6.07) is 19.1. The molecule has 126 valence electrons. The lowest BCUT2D eigenvalue weighted by molar-refractivity contribution is 0.253. The van der Waals surface area contributed by atoms with Crippen LogP contribution in [0.1, 0.15) is 23.5 Å². The van der Waals surface area contributed by atoms with Crippen molar-refractivity contribution in [2.75, 3.05) is 7.05 Å². The van der Waals surface area contributed by atoms with Gasteiger partial charge in [0, 0.05) is 18.9 Å². The van der Waals surface area contributed by atoms with Crippen molar-refractivity contribution < 1.29 is 0 Å². The van der Waals surface area contributed by atoms with E-state index < -0.39 is 0 Å². The molecule has 0 saturated heterocycles. The number of hydrogen-bond acceptors (Lipinski definition) is 4. The Hall–Kier alpha value is -2.50. The first-order valence-corrected chi connectivity index (χ1v) is 9.17. The molecule has 0 aliphatic rings. The van der Waals surface area contributed by atoms with E-state index in [1.165, 1.54) is 10.3 Å². The van der Waals surface area contributed by atoms with Crippen molar-refractivity contribution in [2.45, 2.75) is 19.5 Å². The van der Waals surface area contributed by atoms with Gasteiger partial charge in [0.25, 0.3) is 0 Å². The predicted molar refractivity (Wildman–Crippen MR) is 103 cm³/mol. The minimum Gasteiger partial charge on any atom is -0.293 e. The van der Waals surface area contributed by atoms with Gasteiger partial charge in [-0.05, 0) is 49.9 Å². The number of hydrogen-bond donors (Lipinski definition) is 0. The lowest BCUT2D eigenvalue weighted by Crippen LogP contribution is -2.21. The van der Waals surface area contributed by atoms with Gasteiger partial charge in [0.15, 0.2) is 0 Å². The van der Waals surface area contributed by atoms with Gasteiger partial charge in [0.05, 0.1) is 21.9 Å². The summed E-state index contributed by atoms with van der Waals surface area (Å²) in [4.78, 5) is 7.12. The van der Waals surface area contributed by atoms with Crippen LogP contribution in [0.5, 0.6) is 0 Å². The summed E-state index contributed by atoms with van der Waals surface area (Å²) in [5.74, 6) is 0. The number of fused-ring (bicyclic) bond motifs is 1. The molecule has 0 unspecified atom stereocenters. The van der Waals surface area contributed by atoms with Crippen molar-refractivity contribution >= 4 is 21.6 Å². The summed E-state index contributed by atoms with van der Waals surface area (Å²) in [7, 11) is 2.15. The number of para-hydroxylation sites is 1. The maximum Gasteiger partial charge on any atom is 0.111 e. The van der Waals surface area contributed by atoms with Crippen LogP contribution >= 0.6 is 11.3 Å². The first kappa shape index (κ1) is 16.0. The summed E-state index contributed by atoms with van der Waals surface area (Å²) in [5.41, 5.74) is 3.45. The molecule has 2 heterocycles. The number of rotatable bonds is 5. The molecular weight excluding hydrogens is 328 g/mol. The average Bonchev–Trinajstić information content (AvgIpc) is 3.31. The maximum atomic E-state index is 4.79. The monoisotopic (exact) mass is 348 g/mol. The van der Waals surface area contributed by atoms with Gasteiger partial charge in [-0.1, -0.05) is 24.3 Å². The third-order valence-corrected chi connectivity index (χ3v) is 5.67. The standard InChI is InChI=1S/C20H20N4S/c1-15(20-22-18-6-3-4-7-19(18)25-20)23(2)14-16-8-10-17(11-9-16)24-13-5-12-21-24/h3-13,15H,14H2,1-2H3/t15-/m1/s1. The molecule has 0 saturated carbocycles. The van der Waals surface area contributed by atoms with E-state index in [0.29, 0.717) is 0 Å². The highest BCUT2D eigenvalue weighted by atomic mass is 32.1. The molecule has 25 heavy (non-hydrogen) atoms. The Kier molecular flexibility index (Phi) is 4.34. The Morgan fingerprint density at radius 3 is 2.60 bits per heavy atom. The molecule has 1 atom stereocenters. The molecule has 4 rings (SSSR count). The van der Waals surface area contributed by atoms with Crippen LogP contribution in [0.15, 0.2) is 67.0 Å². The van der Waals surface area contributed by atoms with Gasteiger partial charge in [0.2, 0.25) is 0 Å². The van der Waals surface area contributed by atoms with E-state index in [2.05, 4.69) is 66.4 Å². The summed E-state index contributed by atoms with van der Waals surface area (Å²) < 4.78 is 3.12. The molecular formula is C20H20N4S. The van der Waals surface area contributed by atoms with Crippen molar-refractivity contribution in [3.05, 3.63) is 77.6 Å². The van der Waals surface area contributed by atoms with E-state index >= 15 is 0 Å². The number of benzene rings is 2. The van der Waals surface area contributed by atoms with Crippen LogP contribution < -0.4 is 0 Å². The van der Waals surface area contributed by atoms with Gasteiger partial charge < -0.3 is 0 Å². The summed E-state index contributed by atoms with van der Waals surface area (Å²) >= 11 is 1.78. The third-order valence-electron chi connectivity index (χ3n) is 4.47. The zero-order chi connectivity index (χ0) is 17.2. The quantitative estimate of drug-likeness (QED) is 0.525. The Morgan fingerprint density at radius 2 is 1.88 bits per heavy atom. The summed E-state index contributed by atoms with van der Waals surface area (Å²) in [6.07, 6.45) is 3.75. The van der Waals surface area contributed by atoms with Gasteiger partial charge in [-0.25, -0.2) is 9.67 Å². The van der Waals surface area contributed by atoms with Crippen LogP contribution in [0.3, 0.4) is 0 Å². The first-order valence-electron chi connectivity index (χ1n) is 8.35. The highest BCUT2D eigenvalue weighted by Gasteiger charge is 2.16. The molecule has 0 amide bonds. The molecule has 0 aliphatic carbocycles. The summed E-state index contributed by atoms with van der Waals surface area (Å²) in [5, 5.41) is 5.43. The molecule has 0 radical (unpaired) electrons. The Balaban J connectivity index is 1.48. The molecule has 2 aromatic heterocycles. The topological polar surface area (TPSA) is 34.0 Å². The highest BCUT2D eigenvalue weighted by molar-refractivity contribution is 7.18. The number of aromatic nitrogens is 3. The van der Waals surface area contributed by atoms with Crippen LogP contribution in [0.4, 0.5) is 0 Å². The predicted octanol–water partition coefficient (Wildman–Crippen LogP) is 4.68. The van der Waals surface area contributed by atoms with Crippen LogP contribution in [-0.2, 0) is 6.54 Å². The van der Waals surface area contributed by atoms with E-state index in [0.717, 1.165) is 22.8 Å². The van der Waals surface area contributed by atoms with E-state index in [9.17, 15) is 0 Å². The first-order chi connectivity index (χ1) is 12.2. The fourth-order valence-corrected chi connectivity index (χ4v) is 3.94. The Morgan fingerprint density at radius 1 is 1.08 bits per heavy atom. The average molecular weight is 348 g/mol. The van der Waals surface area contributed by atoms with E-state index in [1.807, 2.05) is 23.0 Å². The van der Waals surface area contributed by atoms with Gasteiger partial charge in [0.1, 0.15) is 5.01 Å². The molecule has 5 heteroatoms. The Bertz CT molecular complexity index is 924. The fraction of sp³-hybridized carbons (Fsp3) is 0.200. The van der Waals surface area contributed by atoms with Crippen molar-refractivity contribution in [1.82, 2.24) is 19.7 Å². The zero-order valence-electron chi connectivity index (χ0n) is 14.3. The van der Waals surface area contributed by atoms with Crippen molar-refractivity contribution in [3.63, 3.8) is 0 Å². The van der Waals surface area contributed by atoms with Crippen molar-refractivity contribution in [1.29, 1.82) is 0 Å². The molecule has 0 bridgehead atoms. The van der Waals surface area contributed by atoms with Gasteiger partial charge in [-0.3, -0.25) is 4.90 Å². The van der Waals surface area contributed by atoms with Gasteiger partial charge in [-0.2, -0.15) is 5.10 Å². The fourth-order valence-electron chi connectivity index (χ4n) is 2.86. The summed E-state index contributed by atoms with van der Waals surface area (Å²) in [6.45, 7) is 3.10. The zero-order valence-corrected chi connectivity index (χ0v) is 15.1.